The summed E-state index contributed by atoms with van der Waals surface area (Å²) in [6, 6.07) is 21.5. The maximum atomic E-state index is 6.95. The maximum Gasteiger partial charge on any atom is 0.407 e. The molecule has 1 unspecified atom stereocenters. The molecular formula is C35H58O2Si. The lowest BCUT2D eigenvalue weighted by atomic mass is 10.0. The van der Waals surface area contributed by atoms with Crippen LogP contribution in [0.4, 0.5) is 0 Å². The number of hydrogen-bond donors (Lipinski definition) is 0. The first-order valence-electron chi connectivity index (χ1n) is 16.2. The van der Waals surface area contributed by atoms with Crippen LogP contribution in [0.1, 0.15) is 136 Å². The highest BCUT2D eigenvalue weighted by atomic mass is 28.4. The van der Waals surface area contributed by atoms with E-state index >= 15 is 0 Å². The normalized spacial score (nSPS) is 12.6. The van der Waals surface area contributed by atoms with Crippen molar-refractivity contribution in [2.75, 3.05) is 6.61 Å². The molecule has 0 radical (unpaired) electrons. The monoisotopic (exact) mass is 538 g/mol. The first-order chi connectivity index (χ1) is 18.7. The van der Waals surface area contributed by atoms with Crippen LogP contribution in [0.25, 0.3) is 0 Å². The molecule has 0 aliphatic carbocycles. The molecular weight excluding hydrogens is 480 g/mol. The second-order valence-corrected chi connectivity index (χ2v) is 14.1. The molecule has 0 N–H and O–H groups in total. The van der Waals surface area contributed by atoms with Crippen molar-refractivity contribution in [3.63, 3.8) is 0 Å². The SMILES string of the molecule is CCCCCCCCCCCCCCCCCO[Si](OC(C)CCCC)(c1ccccc1)c1ccccc1. The van der Waals surface area contributed by atoms with Gasteiger partial charge in [0.05, 0.1) is 0 Å². The van der Waals surface area contributed by atoms with E-state index in [4.69, 9.17) is 8.85 Å². The van der Waals surface area contributed by atoms with Crippen LogP contribution in [0.3, 0.4) is 0 Å². The van der Waals surface area contributed by atoms with E-state index in [1.165, 1.54) is 113 Å². The molecule has 0 aromatic heterocycles. The van der Waals surface area contributed by atoms with Gasteiger partial charge >= 0.3 is 8.56 Å². The highest BCUT2D eigenvalue weighted by Crippen LogP contribution is 2.18. The van der Waals surface area contributed by atoms with Gasteiger partial charge in [-0.1, -0.05) is 177 Å². The molecule has 2 nitrogen and oxygen atoms in total. The number of hydrogen-bond acceptors (Lipinski definition) is 2. The van der Waals surface area contributed by atoms with Crippen molar-refractivity contribution in [2.24, 2.45) is 0 Å². The minimum atomic E-state index is -2.77. The van der Waals surface area contributed by atoms with Crippen LogP contribution >= 0.6 is 0 Å². The average molecular weight is 539 g/mol. The Labute approximate surface area is 237 Å². The van der Waals surface area contributed by atoms with Gasteiger partial charge in [-0.05, 0) is 30.1 Å². The zero-order valence-corrected chi connectivity index (χ0v) is 26.1. The summed E-state index contributed by atoms with van der Waals surface area (Å²) in [5.74, 6) is 0. The summed E-state index contributed by atoms with van der Waals surface area (Å²) >= 11 is 0. The summed E-state index contributed by atoms with van der Waals surface area (Å²) < 4.78 is 13.8. The summed E-state index contributed by atoms with van der Waals surface area (Å²) in [5.41, 5.74) is 0. The molecule has 0 aliphatic heterocycles. The van der Waals surface area contributed by atoms with Crippen LogP contribution < -0.4 is 10.4 Å². The Kier molecular flexibility index (Phi) is 18.5. The minimum Gasteiger partial charge on any atom is -0.388 e. The first kappa shape index (κ1) is 32.8. The highest BCUT2D eigenvalue weighted by Gasteiger charge is 2.43. The van der Waals surface area contributed by atoms with Crippen molar-refractivity contribution >= 4 is 18.9 Å². The number of benzene rings is 2. The van der Waals surface area contributed by atoms with Crippen molar-refractivity contribution < 1.29 is 8.85 Å². The van der Waals surface area contributed by atoms with Crippen LogP contribution in [-0.2, 0) is 8.85 Å². The molecule has 38 heavy (non-hydrogen) atoms. The first-order valence-corrected chi connectivity index (χ1v) is 18.0. The Balaban J connectivity index is 1.75. The van der Waals surface area contributed by atoms with E-state index in [-0.39, 0.29) is 6.10 Å². The van der Waals surface area contributed by atoms with E-state index in [2.05, 4.69) is 81.4 Å². The van der Waals surface area contributed by atoms with Crippen molar-refractivity contribution in [2.45, 2.75) is 142 Å². The molecule has 0 aliphatic rings. The Bertz CT molecular complexity index is 740. The molecule has 2 aromatic carbocycles. The van der Waals surface area contributed by atoms with Crippen molar-refractivity contribution in [1.29, 1.82) is 0 Å². The van der Waals surface area contributed by atoms with Gasteiger partial charge < -0.3 is 8.85 Å². The molecule has 0 fully saturated rings. The molecule has 0 spiro atoms. The van der Waals surface area contributed by atoms with Crippen LogP contribution in [0.5, 0.6) is 0 Å². The van der Waals surface area contributed by atoms with Crippen LogP contribution in [0.15, 0.2) is 60.7 Å². The molecule has 0 heterocycles. The second-order valence-electron chi connectivity index (χ2n) is 11.2. The Morgan fingerprint density at radius 2 is 0.921 bits per heavy atom. The summed E-state index contributed by atoms with van der Waals surface area (Å²) in [6.07, 6.45) is 24.3. The fourth-order valence-electron chi connectivity index (χ4n) is 5.34. The second kappa shape index (κ2) is 21.4. The van der Waals surface area contributed by atoms with E-state index in [0.717, 1.165) is 19.4 Å². The Morgan fingerprint density at radius 1 is 0.526 bits per heavy atom. The number of unbranched alkanes of at least 4 members (excludes halogenated alkanes) is 15. The van der Waals surface area contributed by atoms with Crippen LogP contribution in [-0.4, -0.2) is 21.3 Å². The van der Waals surface area contributed by atoms with Crippen molar-refractivity contribution in [1.82, 2.24) is 0 Å². The van der Waals surface area contributed by atoms with Crippen LogP contribution in [0, 0.1) is 0 Å². The van der Waals surface area contributed by atoms with E-state index < -0.39 is 8.56 Å². The van der Waals surface area contributed by atoms with Gasteiger partial charge in [0.2, 0.25) is 0 Å². The standard InChI is InChI=1S/C35H58O2Si/c1-4-6-8-9-10-11-12-13-14-15-16-17-18-19-26-32-36-38(34-28-22-20-23-29-34,35-30-24-21-25-31-35)37-33(3)27-7-5-2/h20-25,28-31,33H,4-19,26-27,32H2,1-3H3. The topological polar surface area (TPSA) is 18.5 Å². The lowest BCUT2D eigenvalue weighted by Gasteiger charge is -2.34. The molecule has 2 rings (SSSR count). The van der Waals surface area contributed by atoms with Crippen LogP contribution in [0.2, 0.25) is 0 Å². The summed E-state index contributed by atoms with van der Waals surface area (Å²) in [4.78, 5) is 0. The van der Waals surface area contributed by atoms with Gasteiger partial charge in [0.1, 0.15) is 0 Å². The van der Waals surface area contributed by atoms with Gasteiger partial charge in [-0.15, -0.1) is 0 Å². The third-order valence-corrected chi connectivity index (χ3v) is 11.2. The lowest BCUT2D eigenvalue weighted by Crippen LogP contribution is -2.64. The summed E-state index contributed by atoms with van der Waals surface area (Å²) in [6.45, 7) is 7.54. The maximum absolute atomic E-state index is 6.95. The minimum absolute atomic E-state index is 0.183. The molecule has 214 valence electrons. The van der Waals surface area contributed by atoms with E-state index in [1.54, 1.807) is 0 Å². The quantitative estimate of drug-likeness (QED) is 0.0978. The number of rotatable bonds is 24. The van der Waals surface area contributed by atoms with E-state index in [1.807, 2.05) is 0 Å². The highest BCUT2D eigenvalue weighted by molar-refractivity contribution is 6.92. The molecule has 0 bridgehead atoms. The molecule has 0 saturated heterocycles. The third-order valence-electron chi connectivity index (χ3n) is 7.69. The third kappa shape index (κ3) is 13.1. The lowest BCUT2D eigenvalue weighted by molar-refractivity contribution is 0.132. The smallest absolute Gasteiger partial charge is 0.388 e. The summed E-state index contributed by atoms with van der Waals surface area (Å²) in [5, 5.41) is 2.44. The van der Waals surface area contributed by atoms with Gasteiger partial charge in [-0.2, -0.15) is 0 Å². The van der Waals surface area contributed by atoms with Gasteiger partial charge in [-0.3, -0.25) is 0 Å². The largest absolute Gasteiger partial charge is 0.407 e. The van der Waals surface area contributed by atoms with Crippen molar-refractivity contribution in [3.05, 3.63) is 60.7 Å². The molecule has 0 saturated carbocycles. The zero-order chi connectivity index (χ0) is 27.2. The zero-order valence-electron chi connectivity index (χ0n) is 25.1. The van der Waals surface area contributed by atoms with Gasteiger partial charge in [0.15, 0.2) is 0 Å². The molecule has 2 aromatic rings. The van der Waals surface area contributed by atoms with Gasteiger partial charge in [0, 0.05) is 12.7 Å². The average Bonchev–Trinajstić information content (AvgIpc) is 2.96. The predicted octanol–water partition coefficient (Wildman–Crippen LogP) is 9.73. The summed E-state index contributed by atoms with van der Waals surface area (Å²) in [7, 11) is -2.77. The Hall–Kier alpha value is -1.42. The predicted molar refractivity (Wildman–Crippen MR) is 169 cm³/mol. The van der Waals surface area contributed by atoms with Crippen molar-refractivity contribution in [3.8, 4) is 0 Å². The van der Waals surface area contributed by atoms with E-state index in [9.17, 15) is 0 Å². The molecule has 0 amide bonds. The van der Waals surface area contributed by atoms with Gasteiger partial charge in [-0.25, -0.2) is 0 Å². The Morgan fingerprint density at radius 3 is 1.34 bits per heavy atom. The van der Waals surface area contributed by atoms with E-state index in [0.29, 0.717) is 0 Å². The fraction of sp³-hybridized carbons (Fsp3) is 0.657. The molecule has 1 atom stereocenters. The fourth-order valence-corrected chi connectivity index (χ4v) is 8.73. The molecule has 3 heteroatoms. The van der Waals surface area contributed by atoms with Gasteiger partial charge in [0.25, 0.3) is 0 Å².